The minimum absolute atomic E-state index is 0.0843. The molecule has 2 N–H and O–H groups in total. The smallest absolute Gasteiger partial charge is 0.275 e. The summed E-state index contributed by atoms with van der Waals surface area (Å²) in [6.45, 7) is 0. The van der Waals surface area contributed by atoms with Crippen LogP contribution >= 0.6 is 22.6 Å². The molecular formula is C16H11IN2O3. The van der Waals surface area contributed by atoms with Crippen molar-refractivity contribution in [2.75, 3.05) is 0 Å². The fourth-order valence-corrected chi connectivity index (χ4v) is 2.46. The van der Waals surface area contributed by atoms with Gasteiger partial charge >= 0.3 is 0 Å². The fourth-order valence-electron chi connectivity index (χ4n) is 2.02. The molecule has 0 unspecified atom stereocenters. The van der Waals surface area contributed by atoms with Crippen LogP contribution in [0.4, 0.5) is 0 Å². The fraction of sp³-hybridized carbons (Fsp3) is 0. The molecule has 5 nitrogen and oxygen atoms in total. The predicted molar refractivity (Wildman–Crippen MR) is 92.1 cm³/mol. The minimum atomic E-state index is -0.485. The summed E-state index contributed by atoms with van der Waals surface area (Å²) in [6, 6.07) is 14.2. The maximum Gasteiger partial charge on any atom is 0.275 e. The van der Waals surface area contributed by atoms with E-state index >= 15 is 0 Å². The molecule has 0 atom stereocenters. The van der Waals surface area contributed by atoms with E-state index in [9.17, 15) is 9.90 Å². The summed E-state index contributed by atoms with van der Waals surface area (Å²) >= 11 is 2.04. The van der Waals surface area contributed by atoms with Crippen LogP contribution in [0.5, 0.6) is 5.75 Å². The first-order valence-electron chi connectivity index (χ1n) is 6.44. The SMILES string of the molecule is O=C(NN=Cc1ccc(I)o1)c1cc2ccccc2cc1O. The first-order chi connectivity index (χ1) is 10.6. The molecule has 0 aliphatic carbocycles. The van der Waals surface area contributed by atoms with Gasteiger partial charge in [0.15, 0.2) is 3.77 Å². The van der Waals surface area contributed by atoms with E-state index < -0.39 is 5.91 Å². The van der Waals surface area contributed by atoms with Crippen LogP contribution in [0.3, 0.4) is 0 Å². The molecule has 0 saturated carbocycles. The Labute approximate surface area is 139 Å². The summed E-state index contributed by atoms with van der Waals surface area (Å²) in [6.07, 6.45) is 1.40. The first-order valence-corrected chi connectivity index (χ1v) is 7.52. The van der Waals surface area contributed by atoms with E-state index in [1.165, 1.54) is 6.21 Å². The van der Waals surface area contributed by atoms with Gasteiger partial charge in [-0.25, -0.2) is 5.43 Å². The largest absolute Gasteiger partial charge is 0.507 e. The van der Waals surface area contributed by atoms with Gasteiger partial charge < -0.3 is 9.52 Å². The van der Waals surface area contributed by atoms with Crippen LogP contribution in [0, 0.1) is 3.77 Å². The van der Waals surface area contributed by atoms with E-state index in [1.807, 2.05) is 46.9 Å². The number of phenolic OH excluding ortho intramolecular Hbond substituents is 1. The highest BCUT2D eigenvalue weighted by molar-refractivity contribution is 14.1. The van der Waals surface area contributed by atoms with Crippen molar-refractivity contribution in [1.29, 1.82) is 0 Å². The number of furan rings is 1. The Bertz CT molecular complexity index is 871. The van der Waals surface area contributed by atoms with Gasteiger partial charge in [-0.3, -0.25) is 4.79 Å². The molecule has 0 radical (unpaired) electrons. The van der Waals surface area contributed by atoms with Gasteiger partial charge in [-0.05, 0) is 57.6 Å². The molecule has 0 aliphatic rings. The van der Waals surface area contributed by atoms with Crippen LogP contribution in [0.1, 0.15) is 16.1 Å². The number of nitrogens with zero attached hydrogens (tertiary/aromatic N) is 1. The van der Waals surface area contributed by atoms with Gasteiger partial charge in [0.05, 0.1) is 11.8 Å². The van der Waals surface area contributed by atoms with E-state index in [0.29, 0.717) is 5.76 Å². The molecule has 0 bridgehead atoms. The Hall–Kier alpha value is -2.35. The third kappa shape index (κ3) is 3.11. The second-order valence-corrected chi connectivity index (χ2v) is 5.62. The minimum Gasteiger partial charge on any atom is -0.507 e. The van der Waals surface area contributed by atoms with Gasteiger partial charge in [0.25, 0.3) is 5.91 Å². The average molecular weight is 406 g/mol. The normalized spacial score (nSPS) is 11.1. The van der Waals surface area contributed by atoms with Crippen LogP contribution in [0.15, 0.2) is 58.0 Å². The average Bonchev–Trinajstić information content (AvgIpc) is 2.92. The number of halogens is 1. The number of carbonyl (C=O) groups excluding carboxylic acids is 1. The third-order valence-electron chi connectivity index (χ3n) is 3.06. The second kappa shape index (κ2) is 6.18. The number of carbonyl (C=O) groups is 1. The Kier molecular flexibility index (Phi) is 4.10. The quantitative estimate of drug-likeness (QED) is 0.397. The number of amides is 1. The number of hydrazone groups is 1. The summed E-state index contributed by atoms with van der Waals surface area (Å²) in [5.41, 5.74) is 2.54. The molecule has 1 heterocycles. The molecule has 0 aliphatic heterocycles. The lowest BCUT2D eigenvalue weighted by molar-refractivity contribution is 0.0952. The number of fused-ring (bicyclic) bond motifs is 1. The van der Waals surface area contributed by atoms with Crippen molar-refractivity contribution < 1.29 is 14.3 Å². The summed E-state index contributed by atoms with van der Waals surface area (Å²) in [7, 11) is 0. The molecule has 1 amide bonds. The molecule has 1 aromatic heterocycles. The Morgan fingerprint density at radius 3 is 2.59 bits per heavy atom. The summed E-state index contributed by atoms with van der Waals surface area (Å²) in [5, 5.41) is 15.5. The lowest BCUT2D eigenvalue weighted by Crippen LogP contribution is -2.17. The lowest BCUT2D eigenvalue weighted by Gasteiger charge is -2.05. The van der Waals surface area contributed by atoms with Crippen LogP contribution in [0.25, 0.3) is 10.8 Å². The Balaban J connectivity index is 1.80. The molecular weight excluding hydrogens is 395 g/mol. The molecule has 3 aromatic rings. The third-order valence-corrected chi connectivity index (χ3v) is 3.64. The zero-order valence-corrected chi connectivity index (χ0v) is 13.4. The predicted octanol–water partition coefficient (Wildman–Crippen LogP) is 3.51. The molecule has 0 fully saturated rings. The summed E-state index contributed by atoms with van der Waals surface area (Å²) in [5.74, 6) is -0.0351. The maximum atomic E-state index is 12.1. The number of aromatic hydroxyl groups is 1. The molecule has 0 spiro atoms. The van der Waals surface area contributed by atoms with E-state index in [0.717, 1.165) is 14.5 Å². The number of hydrogen-bond acceptors (Lipinski definition) is 4. The summed E-state index contributed by atoms with van der Waals surface area (Å²) < 4.78 is 6.02. The number of phenols is 1. The van der Waals surface area contributed by atoms with Gasteiger partial charge in [-0.2, -0.15) is 5.10 Å². The highest BCUT2D eigenvalue weighted by Crippen LogP contribution is 2.24. The molecule has 3 rings (SSSR count). The van der Waals surface area contributed by atoms with Gasteiger partial charge in [0.2, 0.25) is 0 Å². The van der Waals surface area contributed by atoms with E-state index in [1.54, 1.807) is 24.3 Å². The zero-order valence-electron chi connectivity index (χ0n) is 11.3. The number of nitrogens with one attached hydrogen (secondary N) is 1. The van der Waals surface area contributed by atoms with Crippen LogP contribution in [-0.4, -0.2) is 17.2 Å². The standard InChI is InChI=1S/C16H11IN2O3/c17-15-6-5-12(22-15)9-18-19-16(21)13-7-10-3-1-2-4-11(10)8-14(13)20/h1-9,20H,(H,19,21). The van der Waals surface area contributed by atoms with Crippen molar-refractivity contribution in [3.05, 3.63) is 63.6 Å². The molecule has 2 aromatic carbocycles. The van der Waals surface area contributed by atoms with Gasteiger partial charge in [0, 0.05) is 0 Å². The van der Waals surface area contributed by atoms with Crippen molar-refractivity contribution >= 4 is 45.5 Å². The van der Waals surface area contributed by atoms with Crippen LogP contribution in [0.2, 0.25) is 0 Å². The van der Waals surface area contributed by atoms with E-state index in [4.69, 9.17) is 4.42 Å². The van der Waals surface area contributed by atoms with Crippen molar-refractivity contribution in [1.82, 2.24) is 5.43 Å². The van der Waals surface area contributed by atoms with Gasteiger partial charge in [0.1, 0.15) is 11.5 Å². The molecule has 6 heteroatoms. The Morgan fingerprint density at radius 1 is 1.18 bits per heavy atom. The van der Waals surface area contributed by atoms with Crippen molar-refractivity contribution in [2.45, 2.75) is 0 Å². The van der Waals surface area contributed by atoms with Gasteiger partial charge in [-0.1, -0.05) is 24.3 Å². The number of benzene rings is 2. The highest BCUT2D eigenvalue weighted by atomic mass is 127. The van der Waals surface area contributed by atoms with Gasteiger partial charge in [-0.15, -0.1) is 0 Å². The maximum absolute atomic E-state index is 12.1. The number of rotatable bonds is 3. The van der Waals surface area contributed by atoms with Crippen molar-refractivity contribution in [2.24, 2.45) is 5.10 Å². The van der Waals surface area contributed by atoms with Crippen molar-refractivity contribution in [3.63, 3.8) is 0 Å². The molecule has 110 valence electrons. The first kappa shape index (κ1) is 14.6. The molecule has 0 saturated heterocycles. The highest BCUT2D eigenvalue weighted by Gasteiger charge is 2.11. The zero-order chi connectivity index (χ0) is 15.5. The van der Waals surface area contributed by atoms with Crippen molar-refractivity contribution in [3.8, 4) is 5.75 Å². The molecule has 22 heavy (non-hydrogen) atoms. The van der Waals surface area contributed by atoms with Crippen LogP contribution < -0.4 is 5.43 Å². The number of hydrogen-bond donors (Lipinski definition) is 2. The monoisotopic (exact) mass is 406 g/mol. The second-order valence-electron chi connectivity index (χ2n) is 4.56. The topological polar surface area (TPSA) is 74.8 Å². The van der Waals surface area contributed by atoms with E-state index in [2.05, 4.69) is 10.5 Å². The van der Waals surface area contributed by atoms with E-state index in [-0.39, 0.29) is 11.3 Å². The summed E-state index contributed by atoms with van der Waals surface area (Å²) in [4.78, 5) is 12.1. The lowest BCUT2D eigenvalue weighted by atomic mass is 10.1. The van der Waals surface area contributed by atoms with Crippen LogP contribution in [-0.2, 0) is 0 Å². The Morgan fingerprint density at radius 2 is 1.91 bits per heavy atom.